The van der Waals surface area contributed by atoms with Gasteiger partial charge in [0.25, 0.3) is 0 Å². The zero-order valence-electron chi connectivity index (χ0n) is 10.9. The third-order valence-corrected chi connectivity index (χ3v) is 4.92. The Morgan fingerprint density at radius 3 is 2.33 bits per heavy atom. The Morgan fingerprint density at radius 2 is 1.89 bits per heavy atom. The molecule has 1 aliphatic heterocycles. The van der Waals surface area contributed by atoms with Crippen LogP contribution in [0, 0.1) is 17.3 Å². The molecule has 1 heterocycles. The fourth-order valence-electron chi connectivity index (χ4n) is 3.61. The molecule has 5 heteroatoms. The highest BCUT2D eigenvalue weighted by Gasteiger charge is 2.53. The second kappa shape index (κ2) is 4.99. The lowest BCUT2D eigenvalue weighted by molar-refractivity contribution is -0.141. The van der Waals surface area contributed by atoms with Crippen molar-refractivity contribution in [2.75, 3.05) is 26.8 Å². The van der Waals surface area contributed by atoms with E-state index in [0.29, 0.717) is 30.4 Å². The minimum absolute atomic E-state index is 0. The summed E-state index contributed by atoms with van der Waals surface area (Å²) in [5.41, 5.74) is 6.00. The topological polar surface area (TPSA) is 55.6 Å². The molecule has 2 saturated carbocycles. The number of hydrogen-bond acceptors (Lipinski definition) is 3. The van der Waals surface area contributed by atoms with E-state index in [1.807, 2.05) is 0 Å². The van der Waals surface area contributed by atoms with Crippen molar-refractivity contribution in [2.45, 2.75) is 31.7 Å². The summed E-state index contributed by atoms with van der Waals surface area (Å²) >= 11 is 0. The number of piperidine rings is 1. The van der Waals surface area contributed by atoms with Crippen LogP contribution >= 0.6 is 12.4 Å². The monoisotopic (exact) mass is 274 g/mol. The Balaban J connectivity index is 0.00000120. The Hall–Kier alpha value is -0.320. The van der Waals surface area contributed by atoms with Crippen molar-refractivity contribution in [3.8, 4) is 0 Å². The molecule has 2 bridgehead atoms. The van der Waals surface area contributed by atoms with Gasteiger partial charge in [-0.3, -0.25) is 4.79 Å². The van der Waals surface area contributed by atoms with E-state index in [2.05, 4.69) is 4.90 Å². The van der Waals surface area contributed by atoms with Crippen molar-refractivity contribution >= 4 is 18.3 Å². The lowest BCUT2D eigenvalue weighted by Crippen LogP contribution is -2.53. The molecule has 3 rings (SSSR count). The summed E-state index contributed by atoms with van der Waals surface area (Å²) in [7, 11) is 1.68. The molecule has 0 spiro atoms. The van der Waals surface area contributed by atoms with Crippen LogP contribution in [-0.2, 0) is 9.53 Å². The molecule has 1 unspecified atom stereocenters. The molecule has 2 aliphatic carbocycles. The molecule has 2 N–H and O–H groups in total. The average Bonchev–Trinajstić information content (AvgIpc) is 3.06. The van der Waals surface area contributed by atoms with Gasteiger partial charge in [-0.1, -0.05) is 0 Å². The molecule has 3 fully saturated rings. The second-order valence-electron chi connectivity index (χ2n) is 6.10. The first-order chi connectivity index (χ1) is 8.16. The highest BCUT2D eigenvalue weighted by molar-refractivity contribution is 5.86. The number of ether oxygens (including phenoxy) is 1. The van der Waals surface area contributed by atoms with Crippen LogP contribution in [0.2, 0.25) is 0 Å². The number of likely N-dealkylation sites (tertiary alicyclic amines) is 1. The number of halogens is 1. The average molecular weight is 275 g/mol. The molecule has 3 aliphatic rings. The predicted molar refractivity (Wildman–Crippen MR) is 71.6 cm³/mol. The third kappa shape index (κ3) is 2.15. The summed E-state index contributed by atoms with van der Waals surface area (Å²) in [5, 5.41) is 0. The minimum atomic E-state index is -0.171. The van der Waals surface area contributed by atoms with Gasteiger partial charge in [0.2, 0.25) is 5.91 Å². The van der Waals surface area contributed by atoms with Crippen molar-refractivity contribution in [2.24, 2.45) is 23.0 Å². The molecule has 0 aromatic heterocycles. The minimum Gasteiger partial charge on any atom is -0.384 e. The maximum absolute atomic E-state index is 12.5. The second-order valence-corrected chi connectivity index (χ2v) is 6.10. The Labute approximate surface area is 115 Å². The van der Waals surface area contributed by atoms with Gasteiger partial charge in [0.1, 0.15) is 0 Å². The summed E-state index contributed by atoms with van der Waals surface area (Å²) in [5.74, 6) is 1.40. The maximum atomic E-state index is 12.5. The van der Waals surface area contributed by atoms with E-state index in [1.54, 1.807) is 7.11 Å². The molecule has 3 atom stereocenters. The Bertz CT molecular complexity index is 319. The molecule has 1 saturated heterocycles. The maximum Gasteiger partial charge on any atom is 0.231 e. The van der Waals surface area contributed by atoms with Crippen LogP contribution < -0.4 is 5.73 Å². The summed E-state index contributed by atoms with van der Waals surface area (Å²) in [6, 6.07) is 0.330. The van der Waals surface area contributed by atoms with Crippen molar-refractivity contribution in [3.05, 3.63) is 0 Å². The fraction of sp³-hybridized carbons (Fsp3) is 0.923. The van der Waals surface area contributed by atoms with E-state index < -0.39 is 0 Å². The van der Waals surface area contributed by atoms with Gasteiger partial charge in [0, 0.05) is 26.2 Å². The standard InChI is InChI=1S/C13H22N2O2.ClH/c1-17-8-13(4-5-13)12(16)15-6-9-2-3-10(7-15)11(9)14;/h9-11H,2-8,14H2,1H3;1H/t9-,10+,11?;. The number of carbonyl (C=O) groups excluding carboxylic acids is 1. The van der Waals surface area contributed by atoms with Gasteiger partial charge in [-0.25, -0.2) is 0 Å². The predicted octanol–water partition coefficient (Wildman–Crippen LogP) is 1.03. The van der Waals surface area contributed by atoms with E-state index in [9.17, 15) is 4.79 Å². The summed E-state index contributed by atoms with van der Waals surface area (Å²) in [6.07, 6.45) is 4.40. The van der Waals surface area contributed by atoms with E-state index in [1.165, 1.54) is 12.8 Å². The van der Waals surface area contributed by atoms with Gasteiger partial charge < -0.3 is 15.4 Å². The highest BCUT2D eigenvalue weighted by atomic mass is 35.5. The summed E-state index contributed by atoms with van der Waals surface area (Å²) in [4.78, 5) is 14.6. The third-order valence-electron chi connectivity index (χ3n) is 4.92. The number of nitrogens with two attached hydrogens (primary N) is 1. The van der Waals surface area contributed by atoms with Crippen molar-refractivity contribution in [3.63, 3.8) is 0 Å². The number of hydrogen-bond donors (Lipinski definition) is 1. The van der Waals surface area contributed by atoms with Crippen molar-refractivity contribution in [1.29, 1.82) is 0 Å². The normalized spacial score (nSPS) is 36.1. The fourth-order valence-corrected chi connectivity index (χ4v) is 3.61. The van der Waals surface area contributed by atoms with Gasteiger partial charge in [0.15, 0.2) is 0 Å². The molecule has 4 nitrogen and oxygen atoms in total. The highest BCUT2D eigenvalue weighted by Crippen LogP contribution is 2.48. The zero-order valence-corrected chi connectivity index (χ0v) is 11.7. The first kappa shape index (κ1) is 14.1. The number of carbonyl (C=O) groups is 1. The molecule has 18 heavy (non-hydrogen) atoms. The molecule has 1 amide bonds. The molecular formula is C13H23ClN2O2. The van der Waals surface area contributed by atoms with Gasteiger partial charge in [-0.2, -0.15) is 0 Å². The number of methoxy groups -OCH3 is 1. The van der Waals surface area contributed by atoms with Crippen LogP contribution in [0.3, 0.4) is 0 Å². The Morgan fingerprint density at radius 1 is 1.33 bits per heavy atom. The van der Waals surface area contributed by atoms with Crippen molar-refractivity contribution < 1.29 is 9.53 Å². The number of fused-ring (bicyclic) bond motifs is 2. The number of amides is 1. The number of rotatable bonds is 3. The number of nitrogens with zero attached hydrogens (tertiary/aromatic N) is 1. The first-order valence-corrected chi connectivity index (χ1v) is 6.70. The molecular weight excluding hydrogens is 252 g/mol. The van der Waals surface area contributed by atoms with Crippen LogP contribution in [0.25, 0.3) is 0 Å². The van der Waals surface area contributed by atoms with E-state index in [0.717, 1.165) is 25.9 Å². The summed E-state index contributed by atoms with van der Waals surface area (Å²) < 4.78 is 5.20. The smallest absolute Gasteiger partial charge is 0.231 e. The van der Waals surface area contributed by atoms with Crippen molar-refractivity contribution in [1.82, 2.24) is 4.90 Å². The lowest BCUT2D eigenvalue weighted by atomic mass is 9.91. The van der Waals surface area contributed by atoms with Crippen LogP contribution in [0.4, 0.5) is 0 Å². The molecule has 0 aromatic rings. The largest absolute Gasteiger partial charge is 0.384 e. The van der Waals surface area contributed by atoms with Gasteiger partial charge >= 0.3 is 0 Å². The lowest BCUT2D eigenvalue weighted by Gasteiger charge is -2.38. The molecule has 0 radical (unpaired) electrons. The van der Waals surface area contributed by atoms with Crippen LogP contribution in [0.1, 0.15) is 25.7 Å². The van der Waals surface area contributed by atoms with E-state index in [4.69, 9.17) is 10.5 Å². The van der Waals surface area contributed by atoms with Gasteiger partial charge in [-0.05, 0) is 37.5 Å². The van der Waals surface area contributed by atoms with E-state index in [-0.39, 0.29) is 17.8 Å². The summed E-state index contributed by atoms with van der Waals surface area (Å²) in [6.45, 7) is 2.34. The van der Waals surface area contributed by atoms with Gasteiger partial charge in [-0.15, -0.1) is 12.4 Å². The van der Waals surface area contributed by atoms with Gasteiger partial charge in [0.05, 0.1) is 12.0 Å². The molecule has 0 aromatic carbocycles. The SMILES string of the molecule is COCC1(C(=O)N2C[C@H]3CC[C@@H](C2)C3N)CC1.Cl. The molecule has 104 valence electrons. The Kier molecular flexibility index (Phi) is 3.90. The van der Waals surface area contributed by atoms with Crippen LogP contribution in [0.15, 0.2) is 0 Å². The van der Waals surface area contributed by atoms with E-state index >= 15 is 0 Å². The zero-order chi connectivity index (χ0) is 12.0. The van der Waals surface area contributed by atoms with Crippen LogP contribution in [0.5, 0.6) is 0 Å². The van der Waals surface area contributed by atoms with Crippen LogP contribution in [-0.4, -0.2) is 43.7 Å². The first-order valence-electron chi connectivity index (χ1n) is 6.70. The quantitative estimate of drug-likeness (QED) is 0.836.